The zero-order valence-corrected chi connectivity index (χ0v) is 20.5. The Bertz CT molecular complexity index is 1070. The van der Waals surface area contributed by atoms with E-state index < -0.39 is 5.54 Å². The van der Waals surface area contributed by atoms with E-state index in [1.807, 2.05) is 93.6 Å². The number of benzene rings is 3. The van der Waals surface area contributed by atoms with Gasteiger partial charge in [0.1, 0.15) is 22.8 Å². The van der Waals surface area contributed by atoms with Crippen LogP contribution in [0, 0.1) is 0 Å². The Morgan fingerprint density at radius 3 is 1.23 bits per heavy atom. The average Bonchev–Trinajstić information content (AvgIpc) is 3.21. The summed E-state index contributed by atoms with van der Waals surface area (Å²) in [5, 5.41) is 0. The number of carbonyl (C=O) groups is 2. The SMILES string of the molecule is CCOc1ccccc1C(c1ccccc1OCC)(c1ccccc1OCC)N1C(=O)CCC1=O. The number of ether oxygens (including phenoxy) is 3. The highest BCUT2D eigenvalue weighted by Gasteiger charge is 2.54. The van der Waals surface area contributed by atoms with Gasteiger partial charge in [-0.3, -0.25) is 14.5 Å². The molecule has 6 heteroatoms. The molecule has 3 aromatic rings. The lowest BCUT2D eigenvalue weighted by atomic mass is 9.74. The second-order valence-corrected chi connectivity index (χ2v) is 8.12. The van der Waals surface area contributed by atoms with Gasteiger partial charge in [0.15, 0.2) is 0 Å². The molecule has 6 nitrogen and oxygen atoms in total. The fourth-order valence-electron chi connectivity index (χ4n) is 4.89. The van der Waals surface area contributed by atoms with Crippen LogP contribution in [0.25, 0.3) is 0 Å². The van der Waals surface area contributed by atoms with Crippen molar-refractivity contribution >= 4 is 11.8 Å². The molecule has 2 amide bonds. The summed E-state index contributed by atoms with van der Waals surface area (Å²) in [5.41, 5.74) is 0.646. The fraction of sp³-hybridized carbons (Fsp3) is 0.310. The third kappa shape index (κ3) is 4.25. The van der Waals surface area contributed by atoms with E-state index in [1.54, 1.807) is 0 Å². The molecule has 0 aromatic heterocycles. The van der Waals surface area contributed by atoms with E-state index in [0.29, 0.717) is 53.8 Å². The van der Waals surface area contributed by atoms with Gasteiger partial charge < -0.3 is 14.2 Å². The highest BCUT2D eigenvalue weighted by Crippen LogP contribution is 2.52. The van der Waals surface area contributed by atoms with Gasteiger partial charge >= 0.3 is 0 Å². The smallest absolute Gasteiger partial charge is 0.231 e. The van der Waals surface area contributed by atoms with E-state index in [2.05, 4.69) is 0 Å². The molecule has 0 saturated carbocycles. The summed E-state index contributed by atoms with van der Waals surface area (Å²) in [5.74, 6) is 1.25. The molecule has 1 heterocycles. The molecule has 182 valence electrons. The van der Waals surface area contributed by atoms with E-state index >= 15 is 0 Å². The van der Waals surface area contributed by atoms with Crippen LogP contribution in [-0.2, 0) is 15.1 Å². The molecule has 0 radical (unpaired) electrons. The Balaban J connectivity index is 2.22. The first-order valence-electron chi connectivity index (χ1n) is 12.1. The normalized spacial score (nSPS) is 13.7. The maximum absolute atomic E-state index is 13.5. The van der Waals surface area contributed by atoms with Crippen molar-refractivity contribution in [1.29, 1.82) is 0 Å². The lowest BCUT2D eigenvalue weighted by molar-refractivity contribution is -0.143. The number of likely N-dealkylation sites (tertiary alicyclic amines) is 1. The Labute approximate surface area is 206 Å². The summed E-state index contributed by atoms with van der Waals surface area (Å²) in [4.78, 5) is 28.5. The van der Waals surface area contributed by atoms with Gasteiger partial charge in [-0.15, -0.1) is 0 Å². The minimum atomic E-state index is -1.37. The Kier molecular flexibility index (Phi) is 7.39. The van der Waals surface area contributed by atoms with Crippen LogP contribution >= 0.6 is 0 Å². The van der Waals surface area contributed by atoms with Gasteiger partial charge in [-0.1, -0.05) is 54.6 Å². The van der Waals surface area contributed by atoms with Crippen molar-refractivity contribution in [3.8, 4) is 17.2 Å². The molecule has 0 N–H and O–H groups in total. The third-order valence-corrected chi connectivity index (χ3v) is 6.12. The Morgan fingerprint density at radius 2 is 0.914 bits per heavy atom. The van der Waals surface area contributed by atoms with Crippen molar-refractivity contribution in [1.82, 2.24) is 4.90 Å². The van der Waals surface area contributed by atoms with Crippen LogP contribution < -0.4 is 14.2 Å². The first-order valence-corrected chi connectivity index (χ1v) is 12.1. The van der Waals surface area contributed by atoms with Gasteiger partial charge in [-0.25, -0.2) is 0 Å². The number of carbonyl (C=O) groups excluding carboxylic acids is 2. The van der Waals surface area contributed by atoms with Crippen LogP contribution in [-0.4, -0.2) is 36.5 Å². The zero-order valence-electron chi connectivity index (χ0n) is 20.5. The summed E-state index contributed by atoms with van der Waals surface area (Å²) in [6, 6.07) is 22.7. The molecule has 35 heavy (non-hydrogen) atoms. The monoisotopic (exact) mass is 473 g/mol. The van der Waals surface area contributed by atoms with E-state index in [0.717, 1.165) is 0 Å². The van der Waals surface area contributed by atoms with Gasteiger partial charge in [0.25, 0.3) is 0 Å². The average molecular weight is 474 g/mol. The second kappa shape index (κ2) is 10.6. The van der Waals surface area contributed by atoms with Crippen LogP contribution in [0.4, 0.5) is 0 Å². The lowest BCUT2D eigenvalue weighted by Gasteiger charge is -2.43. The maximum atomic E-state index is 13.5. The molecule has 0 unspecified atom stereocenters. The standard InChI is InChI=1S/C29H31NO5/c1-4-33-24-16-10-7-13-21(24)29(30-27(31)19-20-28(30)32,22-14-8-11-17-25(22)34-5-2)23-15-9-12-18-26(23)35-6-3/h7-18H,4-6,19-20H2,1-3H3. The highest BCUT2D eigenvalue weighted by molar-refractivity contribution is 6.04. The van der Waals surface area contributed by atoms with Gasteiger partial charge in [0.05, 0.1) is 19.8 Å². The first kappa shape index (κ1) is 24.3. The minimum Gasteiger partial charge on any atom is -0.493 e. The van der Waals surface area contributed by atoms with Crippen molar-refractivity contribution < 1.29 is 23.8 Å². The molecule has 0 bridgehead atoms. The highest BCUT2D eigenvalue weighted by atomic mass is 16.5. The van der Waals surface area contributed by atoms with Crippen LogP contribution in [0.3, 0.4) is 0 Å². The van der Waals surface area contributed by atoms with Crippen molar-refractivity contribution in [2.75, 3.05) is 19.8 Å². The van der Waals surface area contributed by atoms with Gasteiger partial charge in [0, 0.05) is 29.5 Å². The quantitative estimate of drug-likeness (QED) is 0.294. The number of nitrogens with zero attached hydrogens (tertiary/aromatic N) is 1. The molecular weight excluding hydrogens is 442 g/mol. The first-order chi connectivity index (χ1) is 17.1. The summed E-state index contributed by atoms with van der Waals surface area (Å²) in [7, 11) is 0. The summed E-state index contributed by atoms with van der Waals surface area (Å²) in [6.07, 6.45) is 0.288. The molecule has 1 aliphatic rings. The molecule has 0 spiro atoms. The predicted molar refractivity (Wildman–Crippen MR) is 134 cm³/mol. The van der Waals surface area contributed by atoms with Crippen LogP contribution in [0.2, 0.25) is 0 Å². The summed E-state index contributed by atoms with van der Waals surface area (Å²) in [6.45, 7) is 7.01. The Morgan fingerprint density at radius 1 is 0.600 bits per heavy atom. The van der Waals surface area contributed by atoms with Crippen molar-refractivity contribution in [3.05, 3.63) is 89.5 Å². The van der Waals surface area contributed by atoms with Crippen LogP contribution in [0.5, 0.6) is 17.2 Å². The van der Waals surface area contributed by atoms with Gasteiger partial charge in [-0.05, 0) is 39.0 Å². The number of hydrogen-bond acceptors (Lipinski definition) is 5. The predicted octanol–water partition coefficient (Wildman–Crippen LogP) is 5.32. The van der Waals surface area contributed by atoms with E-state index in [1.165, 1.54) is 4.90 Å². The van der Waals surface area contributed by atoms with Crippen LogP contribution in [0.1, 0.15) is 50.3 Å². The largest absolute Gasteiger partial charge is 0.493 e. The summed E-state index contributed by atoms with van der Waals surface area (Å²) >= 11 is 0. The molecule has 0 aliphatic carbocycles. The molecular formula is C29H31NO5. The van der Waals surface area contributed by atoms with E-state index in [-0.39, 0.29) is 24.7 Å². The number of hydrogen-bond donors (Lipinski definition) is 0. The Hall–Kier alpha value is -3.80. The zero-order chi connectivity index (χ0) is 24.8. The van der Waals surface area contributed by atoms with Crippen molar-refractivity contribution in [2.24, 2.45) is 0 Å². The van der Waals surface area contributed by atoms with Gasteiger partial charge in [-0.2, -0.15) is 0 Å². The number of imide groups is 1. The number of para-hydroxylation sites is 3. The van der Waals surface area contributed by atoms with Crippen molar-refractivity contribution in [3.63, 3.8) is 0 Å². The topological polar surface area (TPSA) is 65.1 Å². The summed E-state index contributed by atoms with van der Waals surface area (Å²) < 4.78 is 18.3. The fourth-order valence-corrected chi connectivity index (χ4v) is 4.89. The van der Waals surface area contributed by atoms with E-state index in [4.69, 9.17) is 14.2 Å². The van der Waals surface area contributed by atoms with Gasteiger partial charge in [0.2, 0.25) is 11.8 Å². The molecule has 1 fully saturated rings. The maximum Gasteiger partial charge on any atom is 0.231 e. The lowest BCUT2D eigenvalue weighted by Crippen LogP contribution is -2.51. The third-order valence-electron chi connectivity index (χ3n) is 6.12. The number of amides is 2. The molecule has 1 aliphatic heterocycles. The van der Waals surface area contributed by atoms with E-state index in [9.17, 15) is 9.59 Å². The second-order valence-electron chi connectivity index (χ2n) is 8.12. The number of rotatable bonds is 10. The molecule has 0 atom stereocenters. The van der Waals surface area contributed by atoms with Crippen molar-refractivity contribution in [2.45, 2.75) is 39.2 Å². The molecule has 4 rings (SSSR count). The molecule has 1 saturated heterocycles. The van der Waals surface area contributed by atoms with Crippen LogP contribution in [0.15, 0.2) is 72.8 Å². The minimum absolute atomic E-state index is 0.144. The molecule has 3 aromatic carbocycles.